The number of rotatable bonds is 2. The molecular formula is C21H19N5O. The van der Waals surface area contributed by atoms with E-state index in [4.69, 9.17) is 9.97 Å². The Morgan fingerprint density at radius 1 is 1.00 bits per heavy atom. The SMILES string of the molecule is CN1CCN(C(=O)Cc2c[nH]c3ccccc23)c2nc3ccccc3nc21. The zero-order chi connectivity index (χ0) is 18.4. The highest BCUT2D eigenvalue weighted by atomic mass is 16.2. The van der Waals surface area contributed by atoms with Crippen molar-refractivity contribution in [1.29, 1.82) is 0 Å². The molecule has 0 unspecified atom stereocenters. The largest absolute Gasteiger partial charge is 0.361 e. The molecule has 6 nitrogen and oxygen atoms in total. The van der Waals surface area contributed by atoms with Gasteiger partial charge in [0.2, 0.25) is 5.91 Å². The van der Waals surface area contributed by atoms with Crippen molar-refractivity contribution in [3.05, 3.63) is 60.3 Å². The fourth-order valence-electron chi connectivity index (χ4n) is 3.66. The van der Waals surface area contributed by atoms with Gasteiger partial charge in [-0.1, -0.05) is 30.3 Å². The number of carbonyl (C=O) groups is 1. The Labute approximate surface area is 156 Å². The molecular weight excluding hydrogens is 338 g/mol. The van der Waals surface area contributed by atoms with Gasteiger partial charge in [-0.05, 0) is 23.8 Å². The van der Waals surface area contributed by atoms with Gasteiger partial charge >= 0.3 is 0 Å². The quantitative estimate of drug-likeness (QED) is 0.599. The van der Waals surface area contributed by atoms with E-state index in [1.54, 1.807) is 4.90 Å². The van der Waals surface area contributed by atoms with Crippen LogP contribution in [0.15, 0.2) is 54.7 Å². The second-order valence-corrected chi connectivity index (χ2v) is 6.86. The number of fused-ring (bicyclic) bond motifs is 3. The smallest absolute Gasteiger partial charge is 0.232 e. The van der Waals surface area contributed by atoms with E-state index in [1.807, 2.05) is 61.8 Å². The first-order chi connectivity index (χ1) is 13.2. The molecule has 0 fully saturated rings. The first kappa shape index (κ1) is 15.8. The monoisotopic (exact) mass is 357 g/mol. The molecule has 1 N–H and O–H groups in total. The van der Waals surface area contributed by atoms with E-state index in [1.165, 1.54) is 0 Å². The molecule has 27 heavy (non-hydrogen) atoms. The van der Waals surface area contributed by atoms with Crippen molar-refractivity contribution in [3.8, 4) is 0 Å². The zero-order valence-corrected chi connectivity index (χ0v) is 15.0. The zero-order valence-electron chi connectivity index (χ0n) is 15.0. The molecule has 2 aromatic carbocycles. The summed E-state index contributed by atoms with van der Waals surface area (Å²) in [5.41, 5.74) is 3.69. The van der Waals surface area contributed by atoms with Crippen LogP contribution in [-0.2, 0) is 11.2 Å². The average molecular weight is 357 g/mol. The van der Waals surface area contributed by atoms with Crippen molar-refractivity contribution in [3.63, 3.8) is 0 Å². The molecule has 1 aliphatic heterocycles. The molecule has 0 aliphatic carbocycles. The van der Waals surface area contributed by atoms with Crippen LogP contribution in [0.3, 0.4) is 0 Å². The van der Waals surface area contributed by atoms with Gasteiger partial charge < -0.3 is 9.88 Å². The molecule has 0 saturated heterocycles. The lowest BCUT2D eigenvalue weighted by atomic mass is 10.1. The van der Waals surface area contributed by atoms with Gasteiger partial charge in [0.25, 0.3) is 0 Å². The highest BCUT2D eigenvalue weighted by molar-refractivity contribution is 6.00. The molecule has 134 valence electrons. The average Bonchev–Trinajstić information content (AvgIpc) is 3.10. The maximum absolute atomic E-state index is 13.1. The molecule has 6 heteroatoms. The van der Waals surface area contributed by atoms with Crippen LogP contribution in [0, 0.1) is 0 Å². The Balaban J connectivity index is 1.53. The number of nitrogens with zero attached hydrogens (tertiary/aromatic N) is 4. The fraction of sp³-hybridized carbons (Fsp3) is 0.190. The van der Waals surface area contributed by atoms with Gasteiger partial charge in [-0.2, -0.15) is 0 Å². The van der Waals surface area contributed by atoms with Crippen LogP contribution >= 0.6 is 0 Å². The number of benzene rings is 2. The molecule has 4 aromatic rings. The number of likely N-dealkylation sites (N-methyl/N-ethyl adjacent to an activating group) is 1. The van der Waals surface area contributed by atoms with E-state index < -0.39 is 0 Å². The number of H-pyrrole nitrogens is 1. The Morgan fingerprint density at radius 3 is 2.52 bits per heavy atom. The predicted molar refractivity (Wildman–Crippen MR) is 107 cm³/mol. The van der Waals surface area contributed by atoms with E-state index >= 15 is 0 Å². The number of aromatic nitrogens is 3. The van der Waals surface area contributed by atoms with E-state index in [9.17, 15) is 4.79 Å². The molecule has 3 heterocycles. The van der Waals surface area contributed by atoms with Gasteiger partial charge in [-0.3, -0.25) is 9.69 Å². The topological polar surface area (TPSA) is 65.1 Å². The Kier molecular flexibility index (Phi) is 3.57. The number of anilines is 2. The lowest BCUT2D eigenvalue weighted by Gasteiger charge is -2.33. The molecule has 1 amide bonds. The molecule has 0 atom stereocenters. The molecule has 0 bridgehead atoms. The summed E-state index contributed by atoms with van der Waals surface area (Å²) in [4.78, 5) is 29.7. The minimum Gasteiger partial charge on any atom is -0.361 e. The number of amides is 1. The van der Waals surface area contributed by atoms with Crippen LogP contribution in [-0.4, -0.2) is 41.0 Å². The highest BCUT2D eigenvalue weighted by Gasteiger charge is 2.28. The van der Waals surface area contributed by atoms with Crippen molar-refractivity contribution >= 4 is 39.5 Å². The maximum Gasteiger partial charge on any atom is 0.232 e. The van der Waals surface area contributed by atoms with Crippen molar-refractivity contribution in [2.45, 2.75) is 6.42 Å². The lowest BCUT2D eigenvalue weighted by molar-refractivity contribution is -0.118. The van der Waals surface area contributed by atoms with Crippen molar-refractivity contribution in [2.24, 2.45) is 0 Å². The third-order valence-corrected chi connectivity index (χ3v) is 5.13. The van der Waals surface area contributed by atoms with Gasteiger partial charge in [-0.15, -0.1) is 0 Å². The number of para-hydroxylation sites is 3. The van der Waals surface area contributed by atoms with E-state index in [2.05, 4.69) is 9.88 Å². The van der Waals surface area contributed by atoms with E-state index in [-0.39, 0.29) is 5.91 Å². The molecule has 1 aliphatic rings. The van der Waals surface area contributed by atoms with Gasteiger partial charge in [0.05, 0.1) is 17.5 Å². The summed E-state index contributed by atoms with van der Waals surface area (Å²) in [5, 5.41) is 1.09. The minimum atomic E-state index is 0.0404. The number of nitrogens with one attached hydrogen (secondary N) is 1. The Morgan fingerprint density at radius 2 is 1.70 bits per heavy atom. The number of carbonyl (C=O) groups excluding carboxylic acids is 1. The van der Waals surface area contributed by atoms with Crippen LogP contribution < -0.4 is 9.80 Å². The van der Waals surface area contributed by atoms with Crippen molar-refractivity contribution in [2.75, 3.05) is 29.9 Å². The van der Waals surface area contributed by atoms with Crippen LogP contribution in [0.4, 0.5) is 11.6 Å². The molecule has 0 radical (unpaired) electrons. The van der Waals surface area contributed by atoms with Crippen LogP contribution in [0.5, 0.6) is 0 Å². The summed E-state index contributed by atoms with van der Waals surface area (Å²) in [6.45, 7) is 1.34. The summed E-state index contributed by atoms with van der Waals surface area (Å²) in [6, 6.07) is 15.8. The van der Waals surface area contributed by atoms with Crippen molar-refractivity contribution < 1.29 is 4.79 Å². The summed E-state index contributed by atoms with van der Waals surface area (Å²) >= 11 is 0. The second-order valence-electron chi connectivity index (χ2n) is 6.86. The number of hydrogen-bond acceptors (Lipinski definition) is 4. The minimum absolute atomic E-state index is 0.0404. The summed E-state index contributed by atoms with van der Waals surface area (Å²) in [6.07, 6.45) is 2.26. The third-order valence-electron chi connectivity index (χ3n) is 5.13. The maximum atomic E-state index is 13.1. The predicted octanol–water partition coefficient (Wildman–Crippen LogP) is 3.14. The molecule has 2 aromatic heterocycles. The summed E-state index contributed by atoms with van der Waals surface area (Å²) in [5.74, 6) is 1.44. The van der Waals surface area contributed by atoms with Gasteiger partial charge in [0, 0.05) is 37.2 Å². The standard InChI is InChI=1S/C21H19N5O/c1-25-10-11-26(21-20(25)23-17-8-4-5-9-18(17)24-21)19(27)12-14-13-22-16-7-3-2-6-15(14)16/h2-9,13,22H,10-12H2,1H3. The van der Waals surface area contributed by atoms with Crippen LogP contribution in [0.25, 0.3) is 21.9 Å². The first-order valence-electron chi connectivity index (χ1n) is 9.04. The Hall–Kier alpha value is -3.41. The Bertz CT molecular complexity index is 1170. The fourth-order valence-corrected chi connectivity index (χ4v) is 3.66. The van der Waals surface area contributed by atoms with Gasteiger partial charge in [0.15, 0.2) is 11.6 Å². The summed E-state index contributed by atoms with van der Waals surface area (Å²) < 4.78 is 0. The van der Waals surface area contributed by atoms with Gasteiger partial charge in [0.1, 0.15) is 0 Å². The van der Waals surface area contributed by atoms with E-state index in [0.717, 1.165) is 39.9 Å². The van der Waals surface area contributed by atoms with E-state index in [0.29, 0.717) is 18.8 Å². The van der Waals surface area contributed by atoms with Crippen molar-refractivity contribution in [1.82, 2.24) is 15.0 Å². The normalized spacial score (nSPS) is 14.0. The first-order valence-corrected chi connectivity index (χ1v) is 9.04. The lowest BCUT2D eigenvalue weighted by Crippen LogP contribution is -2.44. The third kappa shape index (κ3) is 2.61. The number of aromatic amines is 1. The van der Waals surface area contributed by atoms with Crippen LogP contribution in [0.1, 0.15) is 5.56 Å². The molecule has 5 rings (SSSR count). The second kappa shape index (κ2) is 6.09. The number of hydrogen-bond donors (Lipinski definition) is 1. The highest BCUT2D eigenvalue weighted by Crippen LogP contribution is 2.31. The molecule has 0 saturated carbocycles. The van der Waals surface area contributed by atoms with Crippen LogP contribution in [0.2, 0.25) is 0 Å². The van der Waals surface area contributed by atoms with Gasteiger partial charge in [-0.25, -0.2) is 9.97 Å². The summed E-state index contributed by atoms with van der Waals surface area (Å²) in [7, 11) is 1.99. The molecule has 0 spiro atoms.